The first-order chi connectivity index (χ1) is 16.9. The highest BCUT2D eigenvalue weighted by Crippen LogP contribution is 2.37. The number of carbonyl (C=O) groups excluding carboxylic acids is 1. The van der Waals surface area contributed by atoms with E-state index in [2.05, 4.69) is 20.7 Å². The molecule has 3 heterocycles. The summed E-state index contributed by atoms with van der Waals surface area (Å²) in [6, 6.07) is 15.4. The van der Waals surface area contributed by atoms with Gasteiger partial charge in [0.1, 0.15) is 17.6 Å². The summed E-state index contributed by atoms with van der Waals surface area (Å²) in [5.41, 5.74) is 4.55. The third kappa shape index (κ3) is 4.46. The van der Waals surface area contributed by atoms with Crippen LogP contribution in [-0.4, -0.2) is 20.7 Å². The molecular weight excluding hydrogens is 465 g/mol. The quantitative estimate of drug-likeness (QED) is 0.331. The molecule has 178 valence electrons. The largest absolute Gasteiger partial charge is 0.467 e. The summed E-state index contributed by atoms with van der Waals surface area (Å²) >= 11 is 1.32. The zero-order valence-electron chi connectivity index (χ0n) is 19.5. The van der Waals surface area contributed by atoms with Crippen molar-refractivity contribution in [3.8, 4) is 0 Å². The number of benzene rings is 2. The molecule has 7 nitrogen and oxygen atoms in total. The summed E-state index contributed by atoms with van der Waals surface area (Å²) in [7, 11) is 0. The van der Waals surface area contributed by atoms with Crippen LogP contribution in [0.4, 0.5) is 16.0 Å². The monoisotopic (exact) mass is 489 g/mol. The summed E-state index contributed by atoms with van der Waals surface area (Å²) in [6.45, 7) is 5.81. The lowest BCUT2D eigenvalue weighted by atomic mass is 9.99. The molecule has 5 rings (SSSR count). The van der Waals surface area contributed by atoms with Crippen molar-refractivity contribution in [2.75, 3.05) is 10.6 Å². The van der Waals surface area contributed by atoms with Crippen LogP contribution in [0.2, 0.25) is 0 Å². The van der Waals surface area contributed by atoms with Crippen LogP contribution in [0, 0.1) is 19.7 Å². The van der Waals surface area contributed by atoms with Crippen molar-refractivity contribution < 1.29 is 13.6 Å². The minimum Gasteiger partial charge on any atom is -0.467 e. The molecule has 1 aliphatic heterocycles. The van der Waals surface area contributed by atoms with Crippen LogP contribution in [0.5, 0.6) is 0 Å². The summed E-state index contributed by atoms with van der Waals surface area (Å²) in [4.78, 5) is 18.1. The van der Waals surface area contributed by atoms with Crippen molar-refractivity contribution in [3.63, 3.8) is 0 Å². The van der Waals surface area contributed by atoms with Crippen LogP contribution in [0.25, 0.3) is 0 Å². The molecule has 1 aliphatic rings. The Bertz CT molecular complexity index is 1430. The lowest BCUT2D eigenvalue weighted by molar-refractivity contribution is -0.113. The first-order valence-corrected chi connectivity index (χ1v) is 12.1. The number of nitrogens with one attached hydrogen (secondary N) is 2. The Morgan fingerprint density at radius 2 is 1.97 bits per heavy atom. The number of hydrogen-bond donors (Lipinski definition) is 2. The number of anilines is 2. The van der Waals surface area contributed by atoms with Crippen molar-refractivity contribution in [1.29, 1.82) is 0 Å². The molecule has 35 heavy (non-hydrogen) atoms. The highest BCUT2D eigenvalue weighted by atomic mass is 32.2. The standard InChI is InChI=1S/C26H24FN5O2S/c1-15-8-6-11-20(16(15)2)29-24(33)22-17(3)28-25-30-26(35-14-18-9-4-5-10-19(18)27)31-32(25)23(22)21-12-7-13-34-21/h4-13,23H,14H2,1-3H3,(H,29,33)(H,28,30,31). The van der Waals surface area contributed by atoms with E-state index in [0.29, 0.717) is 39.5 Å². The molecule has 0 radical (unpaired) electrons. The molecule has 2 aromatic heterocycles. The summed E-state index contributed by atoms with van der Waals surface area (Å²) in [5, 5.41) is 11.4. The van der Waals surface area contributed by atoms with Gasteiger partial charge in [0.2, 0.25) is 11.1 Å². The second-order valence-corrected chi connectivity index (χ2v) is 9.27. The van der Waals surface area contributed by atoms with Crippen molar-refractivity contribution in [3.05, 3.63) is 100 Å². The average molecular weight is 490 g/mol. The molecule has 2 N–H and O–H groups in total. The van der Waals surface area contributed by atoms with Crippen LogP contribution < -0.4 is 10.6 Å². The van der Waals surface area contributed by atoms with Gasteiger partial charge in [-0.05, 0) is 61.7 Å². The van der Waals surface area contributed by atoms with E-state index < -0.39 is 6.04 Å². The Balaban J connectivity index is 1.47. The minimum absolute atomic E-state index is 0.258. The normalized spacial score (nSPS) is 15.0. The van der Waals surface area contributed by atoms with Gasteiger partial charge in [-0.15, -0.1) is 5.10 Å². The maximum Gasteiger partial charge on any atom is 0.256 e. The van der Waals surface area contributed by atoms with Gasteiger partial charge in [0.15, 0.2) is 0 Å². The number of carbonyl (C=O) groups is 1. The first kappa shape index (κ1) is 22.9. The number of amides is 1. The summed E-state index contributed by atoms with van der Waals surface area (Å²) in [6.07, 6.45) is 1.57. The van der Waals surface area contributed by atoms with Gasteiger partial charge >= 0.3 is 0 Å². The molecule has 0 aliphatic carbocycles. The average Bonchev–Trinajstić information content (AvgIpc) is 3.50. The molecule has 0 bridgehead atoms. The van der Waals surface area contributed by atoms with E-state index >= 15 is 0 Å². The number of allylic oxidation sites excluding steroid dienone is 1. The smallest absolute Gasteiger partial charge is 0.256 e. The van der Waals surface area contributed by atoms with Crippen LogP contribution in [0.15, 0.2) is 81.7 Å². The Kier molecular flexibility index (Phi) is 6.17. The van der Waals surface area contributed by atoms with Gasteiger partial charge < -0.3 is 15.1 Å². The molecule has 0 fully saturated rings. The summed E-state index contributed by atoms with van der Waals surface area (Å²) < 4.78 is 21.4. The predicted octanol–water partition coefficient (Wildman–Crippen LogP) is 5.85. The maximum absolute atomic E-state index is 14.1. The van der Waals surface area contributed by atoms with Gasteiger partial charge in [-0.25, -0.2) is 9.07 Å². The van der Waals surface area contributed by atoms with Crippen molar-refractivity contribution in [2.45, 2.75) is 37.7 Å². The van der Waals surface area contributed by atoms with E-state index in [9.17, 15) is 9.18 Å². The second-order valence-electron chi connectivity index (χ2n) is 8.33. The zero-order valence-corrected chi connectivity index (χ0v) is 20.3. The Morgan fingerprint density at radius 3 is 2.74 bits per heavy atom. The number of thioether (sulfide) groups is 1. The number of hydrogen-bond acceptors (Lipinski definition) is 6. The topological polar surface area (TPSA) is 85.0 Å². The van der Waals surface area contributed by atoms with Gasteiger partial charge in [0.25, 0.3) is 5.91 Å². The van der Waals surface area contributed by atoms with Crippen molar-refractivity contribution in [1.82, 2.24) is 14.8 Å². The number of rotatable bonds is 6. The Morgan fingerprint density at radius 1 is 1.14 bits per heavy atom. The van der Waals surface area contributed by atoms with E-state index in [-0.39, 0.29) is 11.7 Å². The summed E-state index contributed by atoms with van der Waals surface area (Å²) in [5.74, 6) is 0.913. The van der Waals surface area contributed by atoms with Crippen molar-refractivity contribution >= 4 is 29.3 Å². The fourth-order valence-electron chi connectivity index (χ4n) is 4.03. The van der Waals surface area contributed by atoms with Crippen LogP contribution >= 0.6 is 11.8 Å². The molecule has 9 heteroatoms. The Hall–Kier alpha value is -3.85. The predicted molar refractivity (Wildman–Crippen MR) is 134 cm³/mol. The molecule has 4 aromatic rings. The Labute approximate surface area is 206 Å². The van der Waals surface area contributed by atoms with Gasteiger partial charge in [-0.1, -0.05) is 42.1 Å². The van der Waals surface area contributed by atoms with Gasteiger partial charge in [0, 0.05) is 17.1 Å². The van der Waals surface area contributed by atoms with Gasteiger partial charge in [-0.2, -0.15) is 4.98 Å². The highest BCUT2D eigenvalue weighted by Gasteiger charge is 2.36. The third-order valence-corrected chi connectivity index (χ3v) is 6.94. The fraction of sp³-hybridized carbons (Fsp3) is 0.192. The highest BCUT2D eigenvalue weighted by molar-refractivity contribution is 7.98. The van der Waals surface area contributed by atoms with Gasteiger partial charge in [-0.3, -0.25) is 4.79 Å². The number of halogens is 1. The number of aryl methyl sites for hydroxylation is 1. The van der Waals surface area contributed by atoms with Crippen molar-refractivity contribution in [2.24, 2.45) is 0 Å². The molecule has 0 saturated heterocycles. The van der Waals surface area contributed by atoms with Crippen LogP contribution in [-0.2, 0) is 10.5 Å². The number of fused-ring (bicyclic) bond motifs is 1. The molecule has 1 atom stereocenters. The maximum atomic E-state index is 14.1. The van der Waals surface area contributed by atoms with E-state index in [1.165, 1.54) is 17.8 Å². The van der Waals surface area contributed by atoms with Crippen LogP contribution in [0.3, 0.4) is 0 Å². The lowest BCUT2D eigenvalue weighted by Gasteiger charge is -2.27. The van der Waals surface area contributed by atoms with E-state index in [4.69, 9.17) is 4.42 Å². The zero-order chi connectivity index (χ0) is 24.5. The first-order valence-electron chi connectivity index (χ1n) is 11.1. The minimum atomic E-state index is -0.610. The van der Waals surface area contributed by atoms with Gasteiger partial charge in [0.05, 0.1) is 11.8 Å². The lowest BCUT2D eigenvalue weighted by Crippen LogP contribution is -2.31. The molecule has 2 aromatic carbocycles. The molecular formula is C26H24FN5O2S. The molecule has 0 spiro atoms. The van der Waals surface area contributed by atoms with E-state index in [1.807, 2.05) is 45.0 Å². The molecule has 0 saturated carbocycles. The third-order valence-electron chi connectivity index (χ3n) is 6.06. The number of nitrogens with zero attached hydrogens (tertiary/aromatic N) is 3. The molecule has 1 unspecified atom stereocenters. The SMILES string of the molecule is CC1=C(C(=O)Nc2cccc(C)c2C)C(c2ccco2)n2nc(SCc3ccccc3F)nc2N1. The molecule has 1 amide bonds. The van der Waals surface area contributed by atoms with Crippen LogP contribution in [0.1, 0.15) is 35.4 Å². The van der Waals surface area contributed by atoms with E-state index in [1.54, 1.807) is 35.2 Å². The fourth-order valence-corrected chi connectivity index (χ4v) is 4.85. The second kappa shape index (κ2) is 9.42. The number of furan rings is 1. The van der Waals surface area contributed by atoms with E-state index in [0.717, 1.165) is 16.8 Å². The number of aromatic nitrogens is 3.